The number of unbranched alkanes of at least 4 members (excludes halogenated alkanes) is 4. The molecule has 0 atom stereocenters. The molecule has 30 heavy (non-hydrogen) atoms. The molecule has 4 heteroatoms. The molecule has 0 aliphatic heterocycles. The minimum Gasteiger partial charge on any atom is -0.206 e. The van der Waals surface area contributed by atoms with Crippen molar-refractivity contribution in [1.29, 1.82) is 0 Å². The average Bonchev–Trinajstić information content (AvgIpc) is 3.07. The molecule has 0 saturated carbocycles. The lowest BCUT2D eigenvalue weighted by atomic mass is 9.97. The van der Waals surface area contributed by atoms with Gasteiger partial charge in [0, 0.05) is 5.56 Å². The van der Waals surface area contributed by atoms with Gasteiger partial charge >= 0.3 is 0 Å². The number of fused-ring (bicyclic) bond motifs is 3. The fraction of sp³-hybridized carbons (Fsp3) is 0.308. The monoisotopic (exact) mass is 412 g/mol. The maximum Gasteiger partial charge on any atom is 0.194 e. The highest BCUT2D eigenvalue weighted by Crippen LogP contribution is 2.40. The summed E-state index contributed by atoms with van der Waals surface area (Å²) < 4.78 is 55.3. The lowest BCUT2D eigenvalue weighted by Gasteiger charge is -2.09. The Hall–Kier alpha value is -2.62. The molecule has 1 aliphatic carbocycles. The van der Waals surface area contributed by atoms with Crippen molar-refractivity contribution in [3.05, 3.63) is 82.4 Å². The predicted molar refractivity (Wildman–Crippen MR) is 112 cm³/mol. The van der Waals surface area contributed by atoms with E-state index in [0.717, 1.165) is 47.2 Å². The summed E-state index contributed by atoms with van der Waals surface area (Å²) in [4.78, 5) is 0. The van der Waals surface area contributed by atoms with Crippen molar-refractivity contribution >= 4 is 0 Å². The highest BCUT2D eigenvalue weighted by Gasteiger charge is 2.22. The molecule has 4 rings (SSSR count). The van der Waals surface area contributed by atoms with Gasteiger partial charge in [-0.2, -0.15) is 0 Å². The molecule has 0 bridgehead atoms. The standard InChI is InChI=1S/C26H24F4/c1-2-3-4-5-6-7-16-8-9-20-17(10-16)11-18-12-22(23(27)15-21(18)20)19-13-24(28)26(30)25(29)14-19/h8-10,12-15H,2-7,11H2,1H3. The summed E-state index contributed by atoms with van der Waals surface area (Å²) in [6, 6.07) is 11.0. The van der Waals surface area contributed by atoms with Gasteiger partial charge in [0.25, 0.3) is 0 Å². The minimum atomic E-state index is -1.55. The fourth-order valence-corrected chi connectivity index (χ4v) is 4.30. The van der Waals surface area contributed by atoms with E-state index in [1.807, 2.05) is 6.07 Å². The van der Waals surface area contributed by atoms with Crippen LogP contribution in [-0.4, -0.2) is 0 Å². The number of benzene rings is 3. The van der Waals surface area contributed by atoms with Crippen LogP contribution in [0.1, 0.15) is 55.7 Å². The maximum absolute atomic E-state index is 14.8. The second kappa shape index (κ2) is 8.63. The molecule has 3 aromatic carbocycles. The molecule has 0 fully saturated rings. The zero-order valence-corrected chi connectivity index (χ0v) is 17.0. The number of aryl methyl sites for hydroxylation is 1. The zero-order chi connectivity index (χ0) is 21.3. The Morgan fingerprint density at radius 2 is 1.37 bits per heavy atom. The largest absolute Gasteiger partial charge is 0.206 e. The van der Waals surface area contributed by atoms with Crippen molar-refractivity contribution in [3.8, 4) is 22.3 Å². The molecule has 156 valence electrons. The lowest BCUT2D eigenvalue weighted by molar-refractivity contribution is 0.447. The third-order valence-corrected chi connectivity index (χ3v) is 5.90. The van der Waals surface area contributed by atoms with Gasteiger partial charge < -0.3 is 0 Å². The maximum atomic E-state index is 14.8. The Morgan fingerprint density at radius 3 is 2.10 bits per heavy atom. The SMILES string of the molecule is CCCCCCCc1ccc2c(c1)Cc1cc(-c3cc(F)c(F)c(F)c3)c(F)cc1-2. The van der Waals surface area contributed by atoms with Gasteiger partial charge in [-0.1, -0.05) is 50.8 Å². The first-order valence-electron chi connectivity index (χ1n) is 10.6. The van der Waals surface area contributed by atoms with Crippen molar-refractivity contribution in [2.24, 2.45) is 0 Å². The number of halogens is 4. The van der Waals surface area contributed by atoms with Crippen LogP contribution in [-0.2, 0) is 12.8 Å². The van der Waals surface area contributed by atoms with Gasteiger partial charge in [-0.25, -0.2) is 17.6 Å². The summed E-state index contributed by atoms with van der Waals surface area (Å²) >= 11 is 0. The molecule has 0 N–H and O–H groups in total. The molecule has 0 nitrogen and oxygen atoms in total. The molecule has 0 unspecified atom stereocenters. The van der Waals surface area contributed by atoms with Crippen LogP contribution in [0.2, 0.25) is 0 Å². The van der Waals surface area contributed by atoms with E-state index in [1.54, 1.807) is 6.07 Å². The van der Waals surface area contributed by atoms with Crippen LogP contribution in [0.4, 0.5) is 17.6 Å². The Labute approximate surface area is 174 Å². The van der Waals surface area contributed by atoms with E-state index in [-0.39, 0.29) is 11.1 Å². The van der Waals surface area contributed by atoms with Crippen molar-refractivity contribution in [3.63, 3.8) is 0 Å². The summed E-state index contributed by atoms with van der Waals surface area (Å²) in [5.74, 6) is -4.77. The highest BCUT2D eigenvalue weighted by molar-refractivity contribution is 5.80. The summed E-state index contributed by atoms with van der Waals surface area (Å²) in [6.07, 6.45) is 7.83. The Kier molecular flexibility index (Phi) is 5.94. The van der Waals surface area contributed by atoms with Crippen molar-refractivity contribution in [1.82, 2.24) is 0 Å². The van der Waals surface area contributed by atoms with Crippen LogP contribution in [0.5, 0.6) is 0 Å². The summed E-state index contributed by atoms with van der Waals surface area (Å²) in [5, 5.41) is 0. The van der Waals surface area contributed by atoms with E-state index in [4.69, 9.17) is 0 Å². The van der Waals surface area contributed by atoms with Crippen LogP contribution in [0.15, 0.2) is 42.5 Å². The van der Waals surface area contributed by atoms with Crippen molar-refractivity contribution < 1.29 is 17.6 Å². The Morgan fingerprint density at radius 1 is 0.667 bits per heavy atom. The van der Waals surface area contributed by atoms with E-state index in [1.165, 1.54) is 37.3 Å². The number of hydrogen-bond acceptors (Lipinski definition) is 0. The minimum absolute atomic E-state index is 0.00424. The van der Waals surface area contributed by atoms with Crippen LogP contribution < -0.4 is 0 Å². The van der Waals surface area contributed by atoms with Gasteiger partial charge in [0.05, 0.1) is 0 Å². The normalized spacial score (nSPS) is 12.2. The summed E-state index contributed by atoms with van der Waals surface area (Å²) in [6.45, 7) is 2.20. The van der Waals surface area contributed by atoms with E-state index >= 15 is 0 Å². The molecule has 0 saturated heterocycles. The Balaban J connectivity index is 1.58. The van der Waals surface area contributed by atoms with Crippen molar-refractivity contribution in [2.75, 3.05) is 0 Å². The predicted octanol–water partition coefficient (Wildman–Crippen LogP) is 7.99. The molecule has 0 heterocycles. The third-order valence-electron chi connectivity index (χ3n) is 5.90. The van der Waals surface area contributed by atoms with E-state index in [0.29, 0.717) is 6.42 Å². The van der Waals surface area contributed by atoms with Crippen molar-refractivity contribution in [2.45, 2.75) is 51.9 Å². The topological polar surface area (TPSA) is 0 Å². The van der Waals surface area contributed by atoms with Crippen LogP contribution in [0.25, 0.3) is 22.3 Å². The number of hydrogen-bond donors (Lipinski definition) is 0. The van der Waals surface area contributed by atoms with Gasteiger partial charge in [-0.3, -0.25) is 0 Å². The fourth-order valence-electron chi connectivity index (χ4n) is 4.30. The van der Waals surface area contributed by atoms with Gasteiger partial charge in [-0.05, 0) is 76.9 Å². The first-order chi connectivity index (χ1) is 14.5. The Bertz CT molecular complexity index is 1060. The molecule has 0 radical (unpaired) electrons. The molecular formula is C26H24F4. The molecule has 1 aliphatic rings. The molecule has 0 aromatic heterocycles. The highest BCUT2D eigenvalue weighted by atomic mass is 19.2. The van der Waals surface area contributed by atoms with Gasteiger partial charge in [0.1, 0.15) is 5.82 Å². The molecule has 0 amide bonds. The van der Waals surface area contributed by atoms with Gasteiger partial charge in [0.2, 0.25) is 0 Å². The van der Waals surface area contributed by atoms with Crippen LogP contribution >= 0.6 is 0 Å². The van der Waals surface area contributed by atoms with Gasteiger partial charge in [-0.15, -0.1) is 0 Å². The lowest BCUT2D eigenvalue weighted by Crippen LogP contribution is -1.95. The molecule has 0 spiro atoms. The molecular weight excluding hydrogens is 388 g/mol. The van der Waals surface area contributed by atoms with Gasteiger partial charge in [0.15, 0.2) is 17.5 Å². The summed E-state index contributed by atoms with van der Waals surface area (Å²) in [5.41, 5.74) is 5.22. The quantitative estimate of drug-likeness (QED) is 0.164. The first kappa shape index (κ1) is 20.6. The molecule has 3 aromatic rings. The van der Waals surface area contributed by atoms with Crippen LogP contribution in [0.3, 0.4) is 0 Å². The van der Waals surface area contributed by atoms with Crippen LogP contribution in [0, 0.1) is 23.3 Å². The second-order valence-electron chi connectivity index (χ2n) is 8.08. The van der Waals surface area contributed by atoms with E-state index < -0.39 is 23.3 Å². The summed E-state index contributed by atoms with van der Waals surface area (Å²) in [7, 11) is 0. The first-order valence-corrected chi connectivity index (χ1v) is 10.6. The zero-order valence-electron chi connectivity index (χ0n) is 17.0. The van der Waals surface area contributed by atoms with E-state index in [9.17, 15) is 17.6 Å². The third kappa shape index (κ3) is 4.00. The average molecular weight is 412 g/mol. The van der Waals surface area contributed by atoms with E-state index in [2.05, 4.69) is 19.1 Å². The second-order valence-corrected chi connectivity index (χ2v) is 8.08. The number of rotatable bonds is 7. The smallest absolute Gasteiger partial charge is 0.194 e.